The van der Waals surface area contributed by atoms with Gasteiger partial charge in [-0.15, -0.1) is 0 Å². The average Bonchev–Trinajstić information content (AvgIpc) is 2.52. The summed E-state index contributed by atoms with van der Waals surface area (Å²) in [6.07, 6.45) is 1.78. The summed E-state index contributed by atoms with van der Waals surface area (Å²) in [6.45, 7) is 0. The molecule has 0 radical (unpaired) electrons. The first-order valence-corrected chi connectivity index (χ1v) is 4.27. The molecule has 0 aliphatic heterocycles. The van der Waals surface area contributed by atoms with E-state index in [1.165, 1.54) is 0 Å². The number of fused-ring (bicyclic) bond motifs is 1. The van der Waals surface area contributed by atoms with Crippen LogP contribution >= 0.6 is 15.9 Å². The Morgan fingerprint density at radius 2 is 2.33 bits per heavy atom. The van der Waals surface area contributed by atoms with E-state index in [2.05, 4.69) is 26.1 Å². The fourth-order valence-corrected chi connectivity index (χ4v) is 1.64. The molecule has 0 unspecified atom stereocenters. The second kappa shape index (κ2) is 2.79. The van der Waals surface area contributed by atoms with E-state index in [4.69, 9.17) is 4.74 Å². The van der Waals surface area contributed by atoms with Crippen molar-refractivity contribution in [2.24, 2.45) is 0 Å². The van der Waals surface area contributed by atoms with Crippen LogP contribution in [0.2, 0.25) is 0 Å². The van der Waals surface area contributed by atoms with Gasteiger partial charge < -0.3 is 4.74 Å². The van der Waals surface area contributed by atoms with E-state index in [0.717, 1.165) is 21.1 Å². The summed E-state index contributed by atoms with van der Waals surface area (Å²) in [5, 5.41) is 7.87. The van der Waals surface area contributed by atoms with Gasteiger partial charge in [-0.2, -0.15) is 5.10 Å². The zero-order chi connectivity index (χ0) is 8.55. The summed E-state index contributed by atoms with van der Waals surface area (Å²) in [5.74, 6) is 0.818. The van der Waals surface area contributed by atoms with Gasteiger partial charge in [-0.3, -0.25) is 5.10 Å². The number of aromatic nitrogens is 2. The summed E-state index contributed by atoms with van der Waals surface area (Å²) in [7, 11) is 1.64. The SMILES string of the molecule is COc1cc(Br)c2cn[nH]c2c1. The van der Waals surface area contributed by atoms with Crippen LogP contribution < -0.4 is 4.74 Å². The molecule has 1 aromatic carbocycles. The van der Waals surface area contributed by atoms with Crippen LogP contribution in [0.4, 0.5) is 0 Å². The van der Waals surface area contributed by atoms with Crippen LogP contribution in [-0.2, 0) is 0 Å². The molecule has 0 atom stereocenters. The van der Waals surface area contributed by atoms with Crippen LogP contribution in [0.15, 0.2) is 22.8 Å². The van der Waals surface area contributed by atoms with Gasteiger partial charge >= 0.3 is 0 Å². The Labute approximate surface area is 77.9 Å². The van der Waals surface area contributed by atoms with E-state index in [1.807, 2.05) is 12.1 Å². The van der Waals surface area contributed by atoms with Crippen molar-refractivity contribution in [2.45, 2.75) is 0 Å². The van der Waals surface area contributed by atoms with Crippen LogP contribution in [0, 0.1) is 0 Å². The molecule has 2 rings (SSSR count). The minimum Gasteiger partial charge on any atom is -0.497 e. The predicted molar refractivity (Wildman–Crippen MR) is 50.3 cm³/mol. The van der Waals surface area contributed by atoms with Gasteiger partial charge in [0.2, 0.25) is 0 Å². The molecule has 0 aliphatic carbocycles. The first kappa shape index (κ1) is 7.61. The van der Waals surface area contributed by atoms with E-state index in [-0.39, 0.29) is 0 Å². The lowest BCUT2D eigenvalue weighted by Gasteiger charge is -2.00. The van der Waals surface area contributed by atoms with Crippen LogP contribution in [-0.4, -0.2) is 17.3 Å². The second-order valence-corrected chi connectivity index (χ2v) is 3.29. The minimum atomic E-state index is 0.818. The van der Waals surface area contributed by atoms with Crippen molar-refractivity contribution in [3.8, 4) is 5.75 Å². The number of halogens is 1. The summed E-state index contributed by atoms with van der Waals surface area (Å²) in [4.78, 5) is 0. The lowest BCUT2D eigenvalue weighted by atomic mass is 10.2. The minimum absolute atomic E-state index is 0.818. The van der Waals surface area contributed by atoms with Crippen molar-refractivity contribution in [3.05, 3.63) is 22.8 Å². The van der Waals surface area contributed by atoms with E-state index < -0.39 is 0 Å². The largest absolute Gasteiger partial charge is 0.497 e. The zero-order valence-electron chi connectivity index (χ0n) is 6.47. The predicted octanol–water partition coefficient (Wildman–Crippen LogP) is 2.33. The molecule has 0 spiro atoms. The highest BCUT2D eigenvalue weighted by molar-refractivity contribution is 9.10. The van der Waals surface area contributed by atoms with E-state index >= 15 is 0 Å². The first-order chi connectivity index (χ1) is 5.81. The number of benzene rings is 1. The molecule has 0 saturated carbocycles. The molecule has 12 heavy (non-hydrogen) atoms. The maximum Gasteiger partial charge on any atom is 0.122 e. The van der Waals surface area contributed by atoms with Crippen molar-refractivity contribution in [3.63, 3.8) is 0 Å². The molecule has 1 aromatic heterocycles. The number of hydrogen-bond acceptors (Lipinski definition) is 2. The second-order valence-electron chi connectivity index (χ2n) is 2.44. The van der Waals surface area contributed by atoms with Gasteiger partial charge in [0.05, 0.1) is 18.8 Å². The number of H-pyrrole nitrogens is 1. The third-order valence-electron chi connectivity index (χ3n) is 1.72. The monoisotopic (exact) mass is 226 g/mol. The van der Waals surface area contributed by atoms with E-state index in [0.29, 0.717) is 0 Å². The fourth-order valence-electron chi connectivity index (χ4n) is 1.10. The molecule has 0 fully saturated rings. The number of methoxy groups -OCH3 is 1. The lowest BCUT2D eigenvalue weighted by Crippen LogP contribution is -1.82. The molecule has 0 bridgehead atoms. The van der Waals surface area contributed by atoms with Crippen molar-refractivity contribution in [1.82, 2.24) is 10.2 Å². The van der Waals surface area contributed by atoms with Gasteiger partial charge in [0.25, 0.3) is 0 Å². The smallest absolute Gasteiger partial charge is 0.122 e. The Hall–Kier alpha value is -1.03. The molecule has 1 N–H and O–H groups in total. The van der Waals surface area contributed by atoms with Gasteiger partial charge in [-0.1, -0.05) is 0 Å². The number of rotatable bonds is 1. The molecule has 62 valence electrons. The van der Waals surface area contributed by atoms with Crippen molar-refractivity contribution in [2.75, 3.05) is 7.11 Å². The van der Waals surface area contributed by atoms with Crippen LogP contribution in [0.25, 0.3) is 10.9 Å². The van der Waals surface area contributed by atoms with Gasteiger partial charge in [-0.05, 0) is 22.0 Å². The number of nitrogens with zero attached hydrogens (tertiary/aromatic N) is 1. The highest BCUT2D eigenvalue weighted by Gasteiger charge is 2.02. The van der Waals surface area contributed by atoms with Gasteiger partial charge in [0.1, 0.15) is 5.75 Å². The van der Waals surface area contributed by atoms with Gasteiger partial charge in [0, 0.05) is 15.9 Å². The molecular formula is C8H7BrN2O. The number of aromatic amines is 1. The number of hydrogen-bond donors (Lipinski definition) is 1. The number of ether oxygens (including phenoxy) is 1. The lowest BCUT2D eigenvalue weighted by molar-refractivity contribution is 0.415. The standard InChI is InChI=1S/C8H7BrN2O/c1-12-5-2-7(9)6-4-10-11-8(6)3-5/h2-4H,1H3,(H,10,11). The Bertz CT molecular complexity index is 410. The third kappa shape index (κ3) is 1.08. The third-order valence-corrected chi connectivity index (χ3v) is 2.37. The van der Waals surface area contributed by atoms with E-state index in [1.54, 1.807) is 13.3 Å². The summed E-state index contributed by atoms with van der Waals surface area (Å²) < 4.78 is 6.09. The summed E-state index contributed by atoms with van der Waals surface area (Å²) in [6, 6.07) is 3.82. The summed E-state index contributed by atoms with van der Waals surface area (Å²) >= 11 is 3.43. The van der Waals surface area contributed by atoms with Crippen LogP contribution in [0.5, 0.6) is 5.75 Å². The normalized spacial score (nSPS) is 10.5. The average molecular weight is 227 g/mol. The highest BCUT2D eigenvalue weighted by Crippen LogP contribution is 2.27. The van der Waals surface area contributed by atoms with Crippen LogP contribution in [0.3, 0.4) is 0 Å². The van der Waals surface area contributed by atoms with Crippen molar-refractivity contribution < 1.29 is 4.74 Å². The molecule has 3 nitrogen and oxygen atoms in total. The van der Waals surface area contributed by atoms with Crippen molar-refractivity contribution >= 4 is 26.8 Å². The Kier molecular flexibility index (Phi) is 1.77. The molecule has 0 aliphatic rings. The maximum absolute atomic E-state index is 5.09. The first-order valence-electron chi connectivity index (χ1n) is 3.48. The molecular weight excluding hydrogens is 220 g/mol. The molecule has 1 heterocycles. The molecule has 4 heteroatoms. The zero-order valence-corrected chi connectivity index (χ0v) is 8.05. The Morgan fingerprint density at radius 3 is 3.08 bits per heavy atom. The Morgan fingerprint density at radius 1 is 1.50 bits per heavy atom. The van der Waals surface area contributed by atoms with Crippen molar-refractivity contribution in [1.29, 1.82) is 0 Å². The molecule has 0 amide bonds. The molecule has 0 saturated heterocycles. The number of nitrogens with one attached hydrogen (secondary N) is 1. The van der Waals surface area contributed by atoms with Crippen LogP contribution in [0.1, 0.15) is 0 Å². The van der Waals surface area contributed by atoms with E-state index in [9.17, 15) is 0 Å². The quantitative estimate of drug-likeness (QED) is 0.811. The molecule has 2 aromatic rings. The summed E-state index contributed by atoms with van der Waals surface area (Å²) in [5.41, 5.74) is 0.973. The highest BCUT2D eigenvalue weighted by atomic mass is 79.9. The van der Waals surface area contributed by atoms with Gasteiger partial charge in [-0.25, -0.2) is 0 Å². The maximum atomic E-state index is 5.09. The van der Waals surface area contributed by atoms with Gasteiger partial charge in [0.15, 0.2) is 0 Å². The fraction of sp³-hybridized carbons (Fsp3) is 0.125. The topological polar surface area (TPSA) is 37.9 Å². The Balaban J connectivity index is 2.75.